The zero-order valence-corrected chi connectivity index (χ0v) is 12.4. The summed E-state index contributed by atoms with van der Waals surface area (Å²) in [5.41, 5.74) is 0. The maximum Gasteiger partial charge on any atom is 0.243 e. The summed E-state index contributed by atoms with van der Waals surface area (Å²) in [5, 5.41) is 2.87. The highest BCUT2D eigenvalue weighted by Crippen LogP contribution is 2.32. The van der Waals surface area contributed by atoms with E-state index < -0.39 is 10.0 Å². The van der Waals surface area contributed by atoms with Gasteiger partial charge in [0.25, 0.3) is 0 Å². The average Bonchev–Trinajstić information content (AvgIpc) is 3.20. The van der Waals surface area contributed by atoms with Crippen molar-refractivity contribution in [2.24, 2.45) is 5.92 Å². The van der Waals surface area contributed by atoms with Gasteiger partial charge in [0.05, 0.1) is 4.90 Å². The van der Waals surface area contributed by atoms with Gasteiger partial charge in [0, 0.05) is 31.9 Å². The third-order valence-corrected chi connectivity index (χ3v) is 5.01. The molecule has 0 atom stereocenters. The van der Waals surface area contributed by atoms with Crippen LogP contribution in [0.5, 0.6) is 0 Å². The largest absolute Gasteiger partial charge is 0.373 e. The van der Waals surface area contributed by atoms with Crippen LogP contribution in [0.25, 0.3) is 0 Å². The number of pyridine rings is 1. The molecule has 0 aromatic carbocycles. The summed E-state index contributed by atoms with van der Waals surface area (Å²) in [7, 11) is -1.68. The lowest BCUT2D eigenvalue weighted by atomic mass is 10.2. The van der Waals surface area contributed by atoms with Gasteiger partial charge in [-0.15, -0.1) is 0 Å². The predicted molar refractivity (Wildman–Crippen MR) is 75.5 cm³/mol. The lowest BCUT2D eigenvalue weighted by Gasteiger charge is -2.23. The van der Waals surface area contributed by atoms with Gasteiger partial charge in [-0.05, 0) is 24.8 Å². The molecule has 2 rings (SSSR count). The van der Waals surface area contributed by atoms with E-state index in [1.807, 2.05) is 13.8 Å². The van der Waals surface area contributed by atoms with Gasteiger partial charge in [-0.25, -0.2) is 13.4 Å². The summed E-state index contributed by atoms with van der Waals surface area (Å²) < 4.78 is 27.0. The van der Waals surface area contributed by atoms with Gasteiger partial charge in [-0.3, -0.25) is 0 Å². The van der Waals surface area contributed by atoms with Crippen molar-refractivity contribution < 1.29 is 8.42 Å². The number of nitrogens with zero attached hydrogens (tertiary/aromatic N) is 2. The van der Waals surface area contributed by atoms with Crippen molar-refractivity contribution in [3.8, 4) is 0 Å². The Morgan fingerprint density at radius 2 is 2.16 bits per heavy atom. The first-order valence-corrected chi connectivity index (χ1v) is 8.05. The molecule has 0 unspecified atom stereocenters. The zero-order valence-electron chi connectivity index (χ0n) is 11.6. The molecule has 0 bridgehead atoms. The Kier molecular flexibility index (Phi) is 4.10. The van der Waals surface area contributed by atoms with Crippen LogP contribution in [0, 0.1) is 5.92 Å². The van der Waals surface area contributed by atoms with E-state index in [9.17, 15) is 8.42 Å². The minimum atomic E-state index is -3.41. The number of hydrogen-bond acceptors (Lipinski definition) is 4. The summed E-state index contributed by atoms with van der Waals surface area (Å²) in [6.07, 6.45) is 3.46. The zero-order chi connectivity index (χ0) is 14.0. The number of rotatable bonds is 6. The molecule has 1 fully saturated rings. The van der Waals surface area contributed by atoms with E-state index in [2.05, 4.69) is 10.3 Å². The molecular formula is C13H21N3O2S. The fourth-order valence-electron chi connectivity index (χ4n) is 2.01. The monoisotopic (exact) mass is 283 g/mol. The molecule has 19 heavy (non-hydrogen) atoms. The molecule has 1 aromatic heterocycles. The van der Waals surface area contributed by atoms with Crippen LogP contribution >= 0.6 is 0 Å². The van der Waals surface area contributed by atoms with Gasteiger partial charge in [-0.2, -0.15) is 4.31 Å². The molecule has 0 radical (unpaired) electrons. The van der Waals surface area contributed by atoms with Crippen molar-refractivity contribution in [1.82, 2.24) is 9.29 Å². The number of sulfonamides is 1. The second-order valence-corrected chi connectivity index (χ2v) is 7.22. The second-order valence-electron chi connectivity index (χ2n) is 5.33. The molecule has 1 aliphatic rings. The Morgan fingerprint density at radius 3 is 2.68 bits per heavy atom. The molecule has 0 saturated heterocycles. The van der Waals surface area contributed by atoms with Crippen LogP contribution in [0.4, 0.5) is 5.82 Å². The molecule has 0 aliphatic heterocycles. The molecule has 6 heteroatoms. The summed E-state index contributed by atoms with van der Waals surface area (Å²) in [5.74, 6) is 0.891. The summed E-state index contributed by atoms with van der Waals surface area (Å²) in [4.78, 5) is 4.38. The third kappa shape index (κ3) is 3.25. The Labute approximate surface area is 115 Å². The summed E-state index contributed by atoms with van der Waals surface area (Å²) in [6, 6.07) is 3.33. The van der Waals surface area contributed by atoms with E-state index in [-0.39, 0.29) is 6.04 Å². The van der Waals surface area contributed by atoms with Crippen molar-refractivity contribution in [3.63, 3.8) is 0 Å². The third-order valence-electron chi connectivity index (χ3n) is 3.09. The topological polar surface area (TPSA) is 62.3 Å². The van der Waals surface area contributed by atoms with Crippen LogP contribution in [0.3, 0.4) is 0 Å². The average molecular weight is 283 g/mol. The van der Waals surface area contributed by atoms with Crippen molar-refractivity contribution in [1.29, 1.82) is 0 Å². The first kappa shape index (κ1) is 14.3. The lowest BCUT2D eigenvalue weighted by Crippen LogP contribution is -2.36. The maximum atomic E-state index is 12.7. The van der Waals surface area contributed by atoms with Crippen molar-refractivity contribution >= 4 is 15.8 Å². The summed E-state index contributed by atoms with van der Waals surface area (Å²) >= 11 is 0. The van der Waals surface area contributed by atoms with Crippen LogP contribution in [0.2, 0.25) is 0 Å². The van der Waals surface area contributed by atoms with Crippen molar-refractivity contribution in [2.45, 2.75) is 37.6 Å². The molecule has 1 saturated carbocycles. The standard InChI is InChI=1S/C13H21N3O2S/c1-10(2)9-16(11-4-5-11)19(17,18)12-6-7-15-13(8-12)14-3/h6-8,10-11H,4-5,9H2,1-3H3,(H,14,15). The van der Waals surface area contributed by atoms with E-state index in [0.29, 0.717) is 23.2 Å². The van der Waals surface area contributed by atoms with E-state index in [4.69, 9.17) is 0 Å². The first-order valence-electron chi connectivity index (χ1n) is 6.61. The van der Waals surface area contributed by atoms with Gasteiger partial charge in [0.15, 0.2) is 0 Å². The van der Waals surface area contributed by atoms with Gasteiger partial charge >= 0.3 is 0 Å². The lowest BCUT2D eigenvalue weighted by molar-refractivity contribution is 0.360. The maximum absolute atomic E-state index is 12.7. The molecule has 1 heterocycles. The van der Waals surface area contributed by atoms with Crippen molar-refractivity contribution in [2.75, 3.05) is 18.9 Å². The highest BCUT2D eigenvalue weighted by atomic mass is 32.2. The summed E-state index contributed by atoms with van der Waals surface area (Å²) in [6.45, 7) is 4.65. The molecule has 1 aromatic rings. The highest BCUT2D eigenvalue weighted by molar-refractivity contribution is 7.89. The van der Waals surface area contributed by atoms with Crippen LogP contribution in [0.15, 0.2) is 23.2 Å². The van der Waals surface area contributed by atoms with Gasteiger partial charge in [0.1, 0.15) is 5.82 Å². The molecule has 1 aliphatic carbocycles. The van der Waals surface area contributed by atoms with Gasteiger partial charge in [-0.1, -0.05) is 13.8 Å². The van der Waals surface area contributed by atoms with Crippen LogP contribution in [-0.4, -0.2) is 37.3 Å². The van der Waals surface area contributed by atoms with Crippen molar-refractivity contribution in [3.05, 3.63) is 18.3 Å². The molecule has 1 N–H and O–H groups in total. The minimum Gasteiger partial charge on any atom is -0.373 e. The molecule has 0 amide bonds. The number of hydrogen-bond donors (Lipinski definition) is 1. The fourth-order valence-corrected chi connectivity index (χ4v) is 3.87. The minimum absolute atomic E-state index is 0.179. The van der Waals surface area contributed by atoms with E-state index in [1.165, 1.54) is 6.20 Å². The fraction of sp³-hybridized carbons (Fsp3) is 0.615. The SMILES string of the molecule is CNc1cc(S(=O)(=O)N(CC(C)C)C2CC2)ccn1. The smallest absolute Gasteiger partial charge is 0.243 e. The Bertz CT molecular complexity index is 539. The Hall–Kier alpha value is -1.14. The number of nitrogens with one attached hydrogen (secondary N) is 1. The van der Waals surface area contributed by atoms with Gasteiger partial charge in [0.2, 0.25) is 10.0 Å². The van der Waals surface area contributed by atoms with E-state index in [1.54, 1.807) is 23.5 Å². The Morgan fingerprint density at radius 1 is 1.47 bits per heavy atom. The van der Waals surface area contributed by atoms with E-state index >= 15 is 0 Å². The normalized spacial score (nSPS) is 16.1. The second kappa shape index (κ2) is 5.46. The Balaban J connectivity index is 2.32. The quantitative estimate of drug-likeness (QED) is 0.866. The van der Waals surface area contributed by atoms with Crippen LogP contribution in [0.1, 0.15) is 26.7 Å². The van der Waals surface area contributed by atoms with E-state index in [0.717, 1.165) is 12.8 Å². The molecule has 106 valence electrons. The van der Waals surface area contributed by atoms with Crippen LogP contribution < -0.4 is 5.32 Å². The number of anilines is 1. The molecule has 0 spiro atoms. The molecular weight excluding hydrogens is 262 g/mol. The van der Waals surface area contributed by atoms with Gasteiger partial charge < -0.3 is 5.32 Å². The molecule has 5 nitrogen and oxygen atoms in total. The van der Waals surface area contributed by atoms with Crippen LogP contribution in [-0.2, 0) is 10.0 Å². The highest BCUT2D eigenvalue weighted by Gasteiger charge is 2.38. The first-order chi connectivity index (χ1) is 8.95. The predicted octanol–water partition coefficient (Wildman–Crippen LogP) is 1.93. The number of aromatic nitrogens is 1.